The van der Waals surface area contributed by atoms with Gasteiger partial charge in [-0.3, -0.25) is 0 Å². The molecule has 1 unspecified atom stereocenters. The Kier molecular flexibility index (Phi) is 2.80. The molecule has 110 valence electrons. The highest BCUT2D eigenvalue weighted by Gasteiger charge is 2.34. The summed E-state index contributed by atoms with van der Waals surface area (Å²) in [5.74, 6) is 0.390. The fourth-order valence-corrected chi connectivity index (χ4v) is 3.89. The zero-order valence-electron chi connectivity index (χ0n) is 13.4. The van der Waals surface area contributed by atoms with Crippen LogP contribution in [0.15, 0.2) is 60.8 Å². The minimum atomic E-state index is 0.162. The summed E-state index contributed by atoms with van der Waals surface area (Å²) in [6, 6.07) is 19.9. The van der Waals surface area contributed by atoms with Gasteiger partial charge in [0.05, 0.1) is 5.69 Å². The van der Waals surface area contributed by atoms with Crippen LogP contribution < -0.4 is 0 Å². The van der Waals surface area contributed by atoms with Crippen LogP contribution in [0.25, 0.3) is 22.4 Å². The quantitative estimate of drug-likeness (QED) is 0.534. The van der Waals surface area contributed by atoms with Crippen molar-refractivity contribution in [2.75, 3.05) is 0 Å². The molecule has 1 aliphatic carbocycles. The number of nitrogens with one attached hydrogen (secondary N) is 1. The Bertz CT molecular complexity index is 771. The third kappa shape index (κ3) is 1.85. The van der Waals surface area contributed by atoms with Gasteiger partial charge < -0.3 is 4.98 Å². The summed E-state index contributed by atoms with van der Waals surface area (Å²) in [7, 11) is 0. The van der Waals surface area contributed by atoms with Crippen LogP contribution in [0, 0.1) is 5.41 Å². The number of rotatable bonds is 0. The van der Waals surface area contributed by atoms with E-state index in [1.165, 1.54) is 33.5 Å². The van der Waals surface area contributed by atoms with E-state index < -0.39 is 0 Å². The Morgan fingerprint density at radius 3 is 2.00 bits per heavy atom. The molecule has 0 amide bonds. The van der Waals surface area contributed by atoms with Crippen molar-refractivity contribution in [3.63, 3.8) is 0 Å². The van der Waals surface area contributed by atoms with Crippen molar-refractivity contribution in [2.45, 2.75) is 26.7 Å². The smallest absolute Gasteiger partial charge is 0.0536 e. The summed E-state index contributed by atoms with van der Waals surface area (Å²) in [5.41, 5.74) is 8.26. The predicted molar refractivity (Wildman–Crippen MR) is 93.0 cm³/mol. The van der Waals surface area contributed by atoms with E-state index >= 15 is 0 Å². The van der Waals surface area contributed by atoms with E-state index in [4.69, 9.17) is 0 Å². The van der Waals surface area contributed by atoms with E-state index in [0.717, 1.165) is 0 Å². The van der Waals surface area contributed by atoms with Crippen molar-refractivity contribution in [1.29, 1.82) is 0 Å². The lowest BCUT2D eigenvalue weighted by Gasteiger charge is -2.33. The molecule has 2 aromatic carbocycles. The van der Waals surface area contributed by atoms with Gasteiger partial charge in [-0.2, -0.15) is 0 Å². The largest absolute Gasteiger partial charge is 0.361 e. The normalized spacial score (nSPS) is 16.4. The van der Waals surface area contributed by atoms with Crippen molar-refractivity contribution in [3.8, 4) is 22.4 Å². The average Bonchev–Trinajstić information content (AvgIpc) is 2.92. The third-order valence-electron chi connectivity index (χ3n) is 4.72. The van der Waals surface area contributed by atoms with E-state index in [9.17, 15) is 0 Å². The lowest BCUT2D eigenvalue weighted by atomic mass is 9.71. The van der Waals surface area contributed by atoms with Crippen LogP contribution in [0.3, 0.4) is 0 Å². The molecule has 1 nitrogen and oxygen atoms in total. The van der Waals surface area contributed by atoms with Gasteiger partial charge in [0.15, 0.2) is 0 Å². The Labute approximate surface area is 132 Å². The second kappa shape index (κ2) is 4.61. The molecular weight excluding hydrogens is 266 g/mol. The zero-order chi connectivity index (χ0) is 15.3. The van der Waals surface area contributed by atoms with E-state index in [2.05, 4.69) is 86.5 Å². The molecule has 1 N–H and O–H groups in total. The molecule has 0 fully saturated rings. The Hall–Kier alpha value is -2.28. The van der Waals surface area contributed by atoms with Crippen LogP contribution >= 0.6 is 0 Å². The fraction of sp³-hybridized carbons (Fsp3) is 0.238. The first-order chi connectivity index (χ1) is 10.6. The molecule has 0 spiro atoms. The summed E-state index contributed by atoms with van der Waals surface area (Å²) in [6.45, 7) is 7.01. The van der Waals surface area contributed by atoms with E-state index in [-0.39, 0.29) is 5.41 Å². The summed E-state index contributed by atoms with van der Waals surface area (Å²) < 4.78 is 0. The molecule has 0 aliphatic heterocycles. The monoisotopic (exact) mass is 287 g/mol. The Morgan fingerprint density at radius 2 is 1.32 bits per heavy atom. The maximum atomic E-state index is 3.47. The molecule has 3 aromatic rings. The zero-order valence-corrected chi connectivity index (χ0v) is 13.4. The van der Waals surface area contributed by atoms with Gasteiger partial charge in [0.2, 0.25) is 0 Å². The molecule has 4 rings (SSSR count). The lowest BCUT2D eigenvalue weighted by molar-refractivity contribution is 0.360. The molecule has 1 aliphatic rings. The first-order valence-corrected chi connectivity index (χ1v) is 7.93. The lowest BCUT2D eigenvalue weighted by Crippen LogP contribution is -2.20. The van der Waals surface area contributed by atoms with Gasteiger partial charge in [0.25, 0.3) is 0 Å². The van der Waals surface area contributed by atoms with Crippen LogP contribution in [0.1, 0.15) is 37.8 Å². The third-order valence-corrected chi connectivity index (χ3v) is 4.72. The number of aromatic nitrogens is 1. The Balaban J connectivity index is 2.15. The van der Waals surface area contributed by atoms with Gasteiger partial charge in [-0.1, -0.05) is 69.3 Å². The molecule has 0 saturated heterocycles. The molecule has 0 saturated carbocycles. The van der Waals surface area contributed by atoms with Gasteiger partial charge in [-0.15, -0.1) is 0 Å². The SMILES string of the molecule is CC(C)(C)C1c2ccccc2-c2cc[nH]c2-c2ccccc21. The van der Waals surface area contributed by atoms with Crippen LogP contribution in [0.2, 0.25) is 0 Å². The minimum absolute atomic E-state index is 0.162. The van der Waals surface area contributed by atoms with Gasteiger partial charge in [0, 0.05) is 23.2 Å². The maximum Gasteiger partial charge on any atom is 0.0536 e. The van der Waals surface area contributed by atoms with Crippen molar-refractivity contribution < 1.29 is 0 Å². The highest BCUT2D eigenvalue weighted by Crippen LogP contribution is 2.51. The van der Waals surface area contributed by atoms with Crippen molar-refractivity contribution in [2.24, 2.45) is 5.41 Å². The minimum Gasteiger partial charge on any atom is -0.361 e. The van der Waals surface area contributed by atoms with E-state index in [1.807, 2.05) is 0 Å². The Morgan fingerprint density at radius 1 is 0.727 bits per heavy atom. The predicted octanol–water partition coefficient (Wildman–Crippen LogP) is 5.84. The topological polar surface area (TPSA) is 15.8 Å². The van der Waals surface area contributed by atoms with Crippen LogP contribution in [-0.2, 0) is 0 Å². The van der Waals surface area contributed by atoms with E-state index in [1.54, 1.807) is 0 Å². The first kappa shape index (κ1) is 13.4. The molecule has 1 heterocycles. The number of hydrogen-bond acceptors (Lipinski definition) is 0. The molecule has 0 bridgehead atoms. The van der Waals surface area contributed by atoms with Crippen molar-refractivity contribution in [3.05, 3.63) is 71.9 Å². The summed E-state index contributed by atoms with van der Waals surface area (Å²) in [6.07, 6.45) is 2.05. The molecular formula is C21H21N. The summed E-state index contributed by atoms with van der Waals surface area (Å²) in [5, 5.41) is 0. The highest BCUT2D eigenvalue weighted by molar-refractivity contribution is 5.87. The molecule has 0 radical (unpaired) electrons. The average molecular weight is 287 g/mol. The summed E-state index contributed by atoms with van der Waals surface area (Å²) in [4.78, 5) is 3.47. The van der Waals surface area contributed by atoms with Gasteiger partial charge in [0.1, 0.15) is 0 Å². The van der Waals surface area contributed by atoms with Crippen molar-refractivity contribution >= 4 is 0 Å². The maximum absolute atomic E-state index is 3.47. The highest BCUT2D eigenvalue weighted by atomic mass is 14.7. The van der Waals surface area contributed by atoms with E-state index in [0.29, 0.717) is 5.92 Å². The number of benzene rings is 2. The second-order valence-electron chi connectivity index (χ2n) is 7.24. The number of fused-ring (bicyclic) bond motifs is 5. The number of H-pyrrole nitrogens is 1. The van der Waals surface area contributed by atoms with Gasteiger partial charge >= 0.3 is 0 Å². The first-order valence-electron chi connectivity index (χ1n) is 7.93. The fourth-order valence-electron chi connectivity index (χ4n) is 3.89. The van der Waals surface area contributed by atoms with Crippen molar-refractivity contribution in [1.82, 2.24) is 4.98 Å². The number of aromatic amines is 1. The molecule has 22 heavy (non-hydrogen) atoms. The van der Waals surface area contributed by atoms with Crippen LogP contribution in [-0.4, -0.2) is 4.98 Å². The standard InChI is InChI=1S/C21H21N/c1-21(2,3)19-15-9-5-4-8-14(15)18-12-13-22-20(18)17-11-7-6-10-16(17)19/h4-13,19,22H,1-3H3. The molecule has 1 heteroatoms. The van der Waals surface area contributed by atoms with Crippen LogP contribution in [0.4, 0.5) is 0 Å². The second-order valence-corrected chi connectivity index (χ2v) is 7.24. The van der Waals surface area contributed by atoms with Crippen LogP contribution in [0.5, 0.6) is 0 Å². The number of hydrogen-bond donors (Lipinski definition) is 1. The summed E-state index contributed by atoms with van der Waals surface area (Å²) >= 11 is 0. The molecule has 1 atom stereocenters. The molecule has 1 aromatic heterocycles. The van der Waals surface area contributed by atoms with Gasteiger partial charge in [-0.25, -0.2) is 0 Å². The van der Waals surface area contributed by atoms with Gasteiger partial charge in [-0.05, 0) is 28.2 Å².